The third-order valence-electron chi connectivity index (χ3n) is 4.26. The summed E-state index contributed by atoms with van der Waals surface area (Å²) in [6.07, 6.45) is 1.97. The van der Waals surface area contributed by atoms with Crippen LogP contribution in [0.5, 0.6) is 0 Å². The van der Waals surface area contributed by atoms with Gasteiger partial charge < -0.3 is 10.1 Å². The van der Waals surface area contributed by atoms with Gasteiger partial charge in [0, 0.05) is 18.6 Å². The first-order chi connectivity index (χ1) is 12.3. The minimum atomic E-state index is -0.326. The first kappa shape index (κ1) is 19.4. The van der Waals surface area contributed by atoms with Crippen molar-refractivity contribution in [1.82, 2.24) is 15.5 Å². The highest BCUT2D eigenvalue weighted by molar-refractivity contribution is 7.15. The second kappa shape index (κ2) is 8.08. The molecule has 1 aliphatic heterocycles. The molecule has 1 aromatic carbocycles. The van der Waals surface area contributed by atoms with Crippen molar-refractivity contribution in [3.05, 3.63) is 38.8 Å². The molecule has 1 saturated heterocycles. The molecule has 1 aromatic heterocycles. The molecule has 0 spiro atoms. The summed E-state index contributed by atoms with van der Waals surface area (Å²) in [7, 11) is 0. The molecule has 140 valence electrons. The summed E-state index contributed by atoms with van der Waals surface area (Å²) >= 11 is 13.4. The van der Waals surface area contributed by atoms with Gasteiger partial charge in [0.1, 0.15) is 11.1 Å². The maximum atomic E-state index is 12.2. The highest BCUT2D eigenvalue weighted by Gasteiger charge is 2.24. The van der Waals surface area contributed by atoms with Gasteiger partial charge in [0.15, 0.2) is 0 Å². The van der Waals surface area contributed by atoms with Gasteiger partial charge in [-0.25, -0.2) is 4.79 Å². The van der Waals surface area contributed by atoms with Crippen LogP contribution in [0.3, 0.4) is 0 Å². The van der Waals surface area contributed by atoms with Gasteiger partial charge >= 0.3 is 6.03 Å². The van der Waals surface area contributed by atoms with E-state index in [4.69, 9.17) is 27.9 Å². The maximum absolute atomic E-state index is 12.2. The van der Waals surface area contributed by atoms with Gasteiger partial charge in [-0.1, -0.05) is 54.5 Å². The summed E-state index contributed by atoms with van der Waals surface area (Å²) in [4.78, 5) is 12.2. The normalized spacial score (nSPS) is 17.3. The number of aromatic nitrogens is 2. The Kier molecular flexibility index (Phi) is 6.02. The van der Waals surface area contributed by atoms with E-state index in [0.717, 1.165) is 30.0 Å². The molecule has 1 atom stereocenters. The molecule has 0 bridgehead atoms. The molecule has 3 rings (SSSR count). The van der Waals surface area contributed by atoms with E-state index in [1.54, 1.807) is 6.07 Å². The van der Waals surface area contributed by atoms with E-state index >= 15 is 0 Å². The molecule has 0 saturated carbocycles. The number of rotatable bonds is 5. The number of halogens is 2. The summed E-state index contributed by atoms with van der Waals surface area (Å²) in [5, 5.41) is 16.0. The van der Waals surface area contributed by atoms with Crippen LogP contribution in [0.25, 0.3) is 0 Å². The van der Waals surface area contributed by atoms with Crippen molar-refractivity contribution in [1.29, 1.82) is 0 Å². The first-order valence-electron chi connectivity index (χ1n) is 8.30. The lowest BCUT2D eigenvalue weighted by molar-refractivity contribution is 0.111. The number of carbonyl (C=O) groups excluding carboxylic acids is 1. The van der Waals surface area contributed by atoms with Crippen LogP contribution in [0, 0.1) is 0 Å². The zero-order valence-corrected chi connectivity index (χ0v) is 16.8. The molecular weight excluding hydrogens is 395 g/mol. The number of hydrogen-bond acceptors (Lipinski definition) is 5. The standard InChI is InChI=1S/C17H20Cl2N4O2S/c1-17(2,10-5-6-11(18)12(19)8-10)9-20-15(24)21-16-23-22-14(26-16)13-4-3-7-25-13/h5-6,8,13H,3-4,7,9H2,1-2H3,(H2,20,21,23,24). The minimum absolute atomic E-state index is 0.000280. The smallest absolute Gasteiger partial charge is 0.321 e. The van der Waals surface area contributed by atoms with Crippen molar-refractivity contribution in [3.8, 4) is 0 Å². The van der Waals surface area contributed by atoms with Gasteiger partial charge in [-0.2, -0.15) is 0 Å². The van der Waals surface area contributed by atoms with Gasteiger partial charge in [0.25, 0.3) is 0 Å². The molecule has 2 N–H and O–H groups in total. The fraction of sp³-hybridized carbons (Fsp3) is 0.471. The van der Waals surface area contributed by atoms with Crippen LogP contribution in [0.15, 0.2) is 18.2 Å². The van der Waals surface area contributed by atoms with Gasteiger partial charge in [0.2, 0.25) is 5.13 Å². The Bertz CT molecular complexity index is 791. The van der Waals surface area contributed by atoms with E-state index < -0.39 is 0 Å². The number of ether oxygens (including phenoxy) is 1. The lowest BCUT2D eigenvalue weighted by Crippen LogP contribution is -2.39. The molecule has 2 amide bonds. The van der Waals surface area contributed by atoms with Crippen molar-refractivity contribution >= 4 is 45.7 Å². The van der Waals surface area contributed by atoms with Crippen LogP contribution in [-0.2, 0) is 10.2 Å². The molecule has 0 aliphatic carbocycles. The molecule has 2 aromatic rings. The number of anilines is 1. The summed E-state index contributed by atoms with van der Waals surface area (Å²) in [6, 6.07) is 5.16. The second-order valence-electron chi connectivity index (χ2n) is 6.77. The molecule has 9 heteroatoms. The third kappa shape index (κ3) is 4.65. The minimum Gasteiger partial charge on any atom is -0.371 e. The average molecular weight is 415 g/mol. The van der Waals surface area contributed by atoms with Gasteiger partial charge in [-0.3, -0.25) is 5.32 Å². The Morgan fingerprint density at radius 2 is 2.15 bits per heavy atom. The Hall–Kier alpha value is -1.41. The van der Waals surface area contributed by atoms with Crippen molar-refractivity contribution in [2.24, 2.45) is 0 Å². The van der Waals surface area contributed by atoms with Gasteiger partial charge in [0.05, 0.1) is 10.0 Å². The Morgan fingerprint density at radius 1 is 1.35 bits per heavy atom. The lowest BCUT2D eigenvalue weighted by Gasteiger charge is -2.26. The van der Waals surface area contributed by atoms with Crippen molar-refractivity contribution in [2.45, 2.75) is 38.2 Å². The first-order valence-corrected chi connectivity index (χ1v) is 9.88. The number of urea groups is 1. The largest absolute Gasteiger partial charge is 0.371 e. The fourth-order valence-electron chi connectivity index (χ4n) is 2.65. The van der Waals surface area contributed by atoms with Gasteiger partial charge in [-0.05, 0) is 30.5 Å². The summed E-state index contributed by atoms with van der Waals surface area (Å²) < 4.78 is 5.58. The highest BCUT2D eigenvalue weighted by Crippen LogP contribution is 2.32. The van der Waals surface area contributed by atoms with Gasteiger partial charge in [-0.15, -0.1) is 10.2 Å². The second-order valence-corrected chi connectivity index (χ2v) is 8.59. The number of carbonyl (C=O) groups is 1. The van der Waals surface area contributed by atoms with Crippen LogP contribution in [0.2, 0.25) is 10.0 Å². The van der Waals surface area contributed by atoms with Crippen LogP contribution >= 0.6 is 34.5 Å². The number of nitrogens with one attached hydrogen (secondary N) is 2. The zero-order valence-electron chi connectivity index (χ0n) is 14.5. The van der Waals surface area contributed by atoms with E-state index in [1.807, 2.05) is 26.0 Å². The molecule has 26 heavy (non-hydrogen) atoms. The SMILES string of the molecule is CC(C)(CNC(=O)Nc1nnc(C2CCCO2)s1)c1ccc(Cl)c(Cl)c1. The predicted molar refractivity (Wildman–Crippen MR) is 104 cm³/mol. The maximum Gasteiger partial charge on any atom is 0.321 e. The molecule has 1 aliphatic rings. The van der Waals surface area contributed by atoms with E-state index in [0.29, 0.717) is 21.7 Å². The van der Waals surface area contributed by atoms with Crippen molar-refractivity contribution in [3.63, 3.8) is 0 Å². The molecular formula is C17H20Cl2N4O2S. The fourth-order valence-corrected chi connectivity index (χ4v) is 3.77. The third-order valence-corrected chi connectivity index (χ3v) is 5.93. The van der Waals surface area contributed by atoms with E-state index in [-0.39, 0.29) is 17.6 Å². The van der Waals surface area contributed by atoms with Crippen molar-refractivity contribution in [2.75, 3.05) is 18.5 Å². The van der Waals surface area contributed by atoms with E-state index in [1.165, 1.54) is 11.3 Å². The summed E-state index contributed by atoms with van der Waals surface area (Å²) in [5.41, 5.74) is 0.680. The van der Waals surface area contributed by atoms with Crippen LogP contribution in [0.1, 0.15) is 43.4 Å². The number of amides is 2. The topological polar surface area (TPSA) is 76.1 Å². The molecule has 6 nitrogen and oxygen atoms in total. The summed E-state index contributed by atoms with van der Waals surface area (Å²) in [5.74, 6) is 0. The molecule has 1 fully saturated rings. The monoisotopic (exact) mass is 414 g/mol. The molecule has 2 heterocycles. The summed E-state index contributed by atoms with van der Waals surface area (Å²) in [6.45, 7) is 5.21. The molecule has 0 radical (unpaired) electrons. The Morgan fingerprint density at radius 3 is 2.85 bits per heavy atom. The predicted octanol–water partition coefficient (Wildman–Crippen LogP) is 4.80. The lowest BCUT2D eigenvalue weighted by atomic mass is 9.84. The molecule has 1 unspecified atom stereocenters. The number of nitrogens with zero attached hydrogens (tertiary/aromatic N) is 2. The van der Waals surface area contributed by atoms with Crippen molar-refractivity contribution < 1.29 is 9.53 Å². The van der Waals surface area contributed by atoms with E-state index in [2.05, 4.69) is 20.8 Å². The Labute approximate surface area is 166 Å². The van der Waals surface area contributed by atoms with E-state index in [9.17, 15) is 4.79 Å². The highest BCUT2D eigenvalue weighted by atomic mass is 35.5. The Balaban J connectivity index is 1.55. The zero-order chi connectivity index (χ0) is 18.7. The quantitative estimate of drug-likeness (QED) is 0.736. The van der Waals surface area contributed by atoms with Crippen LogP contribution in [-0.4, -0.2) is 29.4 Å². The van der Waals surface area contributed by atoms with Crippen LogP contribution < -0.4 is 10.6 Å². The number of benzene rings is 1. The average Bonchev–Trinajstić information content (AvgIpc) is 3.27. The van der Waals surface area contributed by atoms with Crippen LogP contribution in [0.4, 0.5) is 9.93 Å². The number of hydrogen-bond donors (Lipinski definition) is 2.